The van der Waals surface area contributed by atoms with Crippen LogP contribution in [0.1, 0.15) is 22.7 Å². The summed E-state index contributed by atoms with van der Waals surface area (Å²) < 4.78 is 4.84. The second kappa shape index (κ2) is 5.86. The molecule has 0 bridgehead atoms. The molecule has 90 valence electrons. The van der Waals surface area contributed by atoms with Gasteiger partial charge in [0, 0.05) is 16.8 Å². The first-order valence-corrected chi connectivity index (χ1v) is 5.94. The van der Waals surface area contributed by atoms with Gasteiger partial charge < -0.3 is 14.7 Å². The van der Waals surface area contributed by atoms with Crippen molar-refractivity contribution >= 4 is 17.4 Å². The molecule has 0 aliphatic rings. The molecule has 1 rings (SSSR count). The zero-order valence-electron chi connectivity index (χ0n) is 9.77. The molecule has 0 saturated carbocycles. The fourth-order valence-electron chi connectivity index (χ4n) is 1.26. The number of aliphatic hydroxyl groups excluding tert-OH is 1. The lowest BCUT2D eigenvalue weighted by atomic mass is 10.2. The van der Waals surface area contributed by atoms with Gasteiger partial charge in [-0.1, -0.05) is 0 Å². The number of carbonyl (C=O) groups excluding carboxylic acids is 1. The van der Waals surface area contributed by atoms with Gasteiger partial charge in [0.1, 0.15) is 6.61 Å². The molecule has 0 aromatic carbocycles. The van der Waals surface area contributed by atoms with Crippen LogP contribution in [0.3, 0.4) is 0 Å². The molecule has 0 spiro atoms. The molecule has 4 nitrogen and oxygen atoms in total. The minimum Gasteiger partial charge on any atom is -0.447 e. The Balaban J connectivity index is 2.59. The first-order valence-electron chi connectivity index (χ1n) is 5.13. The molecule has 0 fully saturated rings. The third-order valence-corrected chi connectivity index (χ3v) is 3.53. The van der Waals surface area contributed by atoms with Crippen molar-refractivity contribution < 1.29 is 14.6 Å². The molecule has 0 aliphatic carbocycles. The Bertz CT molecular complexity index is 351. The summed E-state index contributed by atoms with van der Waals surface area (Å²) in [5, 5.41) is 8.56. The van der Waals surface area contributed by atoms with Crippen LogP contribution in [0.5, 0.6) is 0 Å². The van der Waals surface area contributed by atoms with Crippen molar-refractivity contribution in [1.82, 2.24) is 4.90 Å². The number of aryl methyl sites for hydroxylation is 1. The van der Waals surface area contributed by atoms with Gasteiger partial charge in [0.25, 0.3) is 0 Å². The van der Waals surface area contributed by atoms with Gasteiger partial charge in [-0.05, 0) is 26.0 Å². The Morgan fingerprint density at radius 3 is 2.81 bits per heavy atom. The van der Waals surface area contributed by atoms with Crippen LogP contribution in [-0.4, -0.2) is 36.4 Å². The van der Waals surface area contributed by atoms with Crippen LogP contribution >= 0.6 is 11.3 Å². The SMILES string of the molecule is Cc1ccc(C(C)N(C)C(=O)OCCO)s1. The maximum Gasteiger partial charge on any atom is 0.410 e. The Kier molecular flexibility index (Phi) is 4.76. The number of ether oxygens (including phenoxy) is 1. The van der Waals surface area contributed by atoms with E-state index >= 15 is 0 Å². The monoisotopic (exact) mass is 243 g/mol. The highest BCUT2D eigenvalue weighted by molar-refractivity contribution is 7.12. The lowest BCUT2D eigenvalue weighted by molar-refractivity contribution is 0.0823. The van der Waals surface area contributed by atoms with E-state index in [9.17, 15) is 4.79 Å². The molecule has 1 heterocycles. The quantitative estimate of drug-likeness (QED) is 0.881. The van der Waals surface area contributed by atoms with E-state index in [1.807, 2.05) is 26.0 Å². The fraction of sp³-hybridized carbons (Fsp3) is 0.545. The minimum absolute atomic E-state index is 0.00936. The van der Waals surface area contributed by atoms with E-state index < -0.39 is 6.09 Å². The number of nitrogens with zero attached hydrogens (tertiary/aromatic N) is 1. The van der Waals surface area contributed by atoms with Gasteiger partial charge in [-0.25, -0.2) is 4.79 Å². The summed E-state index contributed by atoms with van der Waals surface area (Å²) in [5.41, 5.74) is 0. The van der Waals surface area contributed by atoms with E-state index in [1.54, 1.807) is 18.4 Å². The molecule has 1 amide bonds. The predicted octanol–water partition coefficient (Wildman–Crippen LogP) is 2.18. The summed E-state index contributed by atoms with van der Waals surface area (Å²) in [6, 6.07) is 4.04. The minimum atomic E-state index is -0.410. The highest BCUT2D eigenvalue weighted by atomic mass is 32.1. The first kappa shape index (κ1) is 13.0. The Morgan fingerprint density at radius 1 is 1.62 bits per heavy atom. The third-order valence-electron chi connectivity index (χ3n) is 2.36. The zero-order chi connectivity index (χ0) is 12.1. The molecule has 1 aromatic rings. The summed E-state index contributed by atoms with van der Waals surface area (Å²) in [4.78, 5) is 15.4. The van der Waals surface area contributed by atoms with Crippen molar-refractivity contribution in [2.75, 3.05) is 20.3 Å². The normalized spacial score (nSPS) is 12.2. The number of rotatable bonds is 4. The van der Waals surface area contributed by atoms with E-state index in [-0.39, 0.29) is 19.3 Å². The number of carbonyl (C=O) groups is 1. The number of hydrogen-bond donors (Lipinski definition) is 1. The molecule has 0 radical (unpaired) electrons. The summed E-state index contributed by atoms with van der Waals surface area (Å²) in [6.07, 6.45) is -0.410. The molecule has 16 heavy (non-hydrogen) atoms. The van der Waals surface area contributed by atoms with Gasteiger partial charge in [0.2, 0.25) is 0 Å². The van der Waals surface area contributed by atoms with Crippen molar-refractivity contribution in [3.63, 3.8) is 0 Å². The molecule has 5 heteroatoms. The van der Waals surface area contributed by atoms with E-state index in [0.717, 1.165) is 4.88 Å². The van der Waals surface area contributed by atoms with Crippen LogP contribution in [0.15, 0.2) is 12.1 Å². The maximum atomic E-state index is 11.5. The lowest BCUT2D eigenvalue weighted by Gasteiger charge is -2.23. The molecular weight excluding hydrogens is 226 g/mol. The van der Waals surface area contributed by atoms with E-state index in [0.29, 0.717) is 0 Å². The highest BCUT2D eigenvalue weighted by Crippen LogP contribution is 2.26. The van der Waals surface area contributed by atoms with E-state index in [2.05, 4.69) is 0 Å². The van der Waals surface area contributed by atoms with Gasteiger partial charge in [-0.15, -0.1) is 11.3 Å². The number of hydrogen-bond acceptors (Lipinski definition) is 4. The Hall–Kier alpha value is -1.07. The van der Waals surface area contributed by atoms with Gasteiger partial charge in [-0.3, -0.25) is 0 Å². The smallest absolute Gasteiger partial charge is 0.410 e. The van der Waals surface area contributed by atoms with Crippen LogP contribution < -0.4 is 0 Å². The van der Waals surface area contributed by atoms with Crippen LogP contribution in [0.4, 0.5) is 4.79 Å². The standard InChI is InChI=1S/C11H17NO3S/c1-8-4-5-10(16-8)9(2)12(3)11(14)15-7-6-13/h4-5,9,13H,6-7H2,1-3H3. The highest BCUT2D eigenvalue weighted by Gasteiger charge is 2.19. The lowest BCUT2D eigenvalue weighted by Crippen LogP contribution is -2.30. The molecule has 1 unspecified atom stereocenters. The van der Waals surface area contributed by atoms with E-state index in [1.165, 1.54) is 9.78 Å². The summed E-state index contributed by atoms with van der Waals surface area (Å²) >= 11 is 1.67. The third kappa shape index (κ3) is 3.21. The molecule has 1 atom stereocenters. The van der Waals surface area contributed by atoms with Gasteiger partial charge in [0.15, 0.2) is 0 Å². The molecule has 0 aliphatic heterocycles. The topological polar surface area (TPSA) is 49.8 Å². The van der Waals surface area contributed by atoms with Crippen LogP contribution in [0, 0.1) is 6.92 Å². The van der Waals surface area contributed by atoms with Crippen molar-refractivity contribution in [3.05, 3.63) is 21.9 Å². The maximum absolute atomic E-state index is 11.5. The second-order valence-electron chi connectivity index (χ2n) is 3.57. The Labute approximate surface area is 99.5 Å². The molecule has 0 saturated heterocycles. The number of amides is 1. The van der Waals surface area contributed by atoms with Gasteiger partial charge in [0.05, 0.1) is 12.6 Å². The number of aliphatic hydroxyl groups is 1. The summed E-state index contributed by atoms with van der Waals surface area (Å²) in [6.45, 7) is 3.88. The van der Waals surface area contributed by atoms with Crippen LogP contribution in [0.25, 0.3) is 0 Å². The molecule has 1 N–H and O–H groups in total. The van der Waals surface area contributed by atoms with Crippen LogP contribution in [0.2, 0.25) is 0 Å². The Morgan fingerprint density at radius 2 is 2.31 bits per heavy atom. The van der Waals surface area contributed by atoms with Gasteiger partial charge in [-0.2, -0.15) is 0 Å². The molecule has 1 aromatic heterocycles. The second-order valence-corrected chi connectivity index (χ2v) is 4.89. The average Bonchev–Trinajstić information content (AvgIpc) is 2.70. The van der Waals surface area contributed by atoms with Gasteiger partial charge >= 0.3 is 6.09 Å². The fourth-order valence-corrected chi connectivity index (χ4v) is 2.23. The van der Waals surface area contributed by atoms with Crippen LogP contribution in [-0.2, 0) is 4.74 Å². The largest absolute Gasteiger partial charge is 0.447 e. The average molecular weight is 243 g/mol. The van der Waals surface area contributed by atoms with Crippen molar-refractivity contribution in [2.24, 2.45) is 0 Å². The van der Waals surface area contributed by atoms with Crippen molar-refractivity contribution in [1.29, 1.82) is 0 Å². The zero-order valence-corrected chi connectivity index (χ0v) is 10.6. The van der Waals surface area contributed by atoms with E-state index in [4.69, 9.17) is 9.84 Å². The number of thiophene rings is 1. The predicted molar refractivity (Wildman–Crippen MR) is 63.7 cm³/mol. The summed E-state index contributed by atoms with van der Waals surface area (Å²) in [7, 11) is 1.69. The summed E-state index contributed by atoms with van der Waals surface area (Å²) in [5.74, 6) is 0. The van der Waals surface area contributed by atoms with Crippen molar-refractivity contribution in [3.8, 4) is 0 Å². The first-order chi connectivity index (χ1) is 7.56. The molecular formula is C11H17NO3S. The van der Waals surface area contributed by atoms with Crippen molar-refractivity contribution in [2.45, 2.75) is 19.9 Å².